The van der Waals surface area contributed by atoms with Gasteiger partial charge in [-0.15, -0.1) is 5.10 Å². The lowest BCUT2D eigenvalue weighted by Gasteiger charge is -2.06. The van der Waals surface area contributed by atoms with Crippen LogP contribution in [0.15, 0.2) is 0 Å². The molecule has 1 aliphatic rings. The molecule has 0 aromatic carbocycles. The van der Waals surface area contributed by atoms with E-state index in [1.165, 1.54) is 37.2 Å². The fraction of sp³-hybridized carbons (Fsp3) is 0.750. The lowest BCUT2D eigenvalue weighted by atomic mass is 10.4. The largest absolute Gasteiger partial charge is 0.313 e. The minimum Gasteiger partial charge on any atom is -0.313 e. The number of nitrogens with two attached hydrogens (primary N) is 1. The molecule has 1 aromatic rings. The van der Waals surface area contributed by atoms with Crippen LogP contribution in [-0.2, 0) is 5.75 Å². The number of nitrogen functional groups attached to an aromatic ring is 1. The van der Waals surface area contributed by atoms with E-state index in [0.29, 0.717) is 0 Å². The van der Waals surface area contributed by atoms with Crippen molar-refractivity contribution in [3.8, 4) is 0 Å². The van der Waals surface area contributed by atoms with Crippen LogP contribution in [0.4, 0.5) is 5.00 Å². The maximum atomic E-state index is 5.35. The molecule has 0 amide bonds. The van der Waals surface area contributed by atoms with Gasteiger partial charge in [0.05, 0.1) is 0 Å². The third-order valence-corrected chi connectivity index (χ3v) is 4.53. The first-order valence-electron chi connectivity index (χ1n) is 4.79. The van der Waals surface area contributed by atoms with Gasteiger partial charge in [-0.2, -0.15) is 11.8 Å². The molecule has 1 aromatic heterocycles. The Balaban J connectivity index is 1.84. The van der Waals surface area contributed by atoms with Gasteiger partial charge in [0.15, 0.2) is 0 Å². The molecule has 0 radical (unpaired) electrons. The van der Waals surface area contributed by atoms with Gasteiger partial charge in [-0.3, -0.25) is 0 Å². The van der Waals surface area contributed by atoms with E-state index >= 15 is 0 Å². The van der Waals surface area contributed by atoms with E-state index in [-0.39, 0.29) is 0 Å². The Morgan fingerprint density at radius 2 is 2.29 bits per heavy atom. The van der Waals surface area contributed by atoms with Crippen molar-refractivity contribution < 1.29 is 0 Å². The third-order valence-electron chi connectivity index (χ3n) is 2.44. The minimum absolute atomic E-state index is 0.822. The monoisotopic (exact) mass is 230 g/mol. The number of rotatable bonds is 4. The van der Waals surface area contributed by atoms with Crippen molar-refractivity contribution in [2.75, 3.05) is 5.43 Å². The summed E-state index contributed by atoms with van der Waals surface area (Å²) in [4.78, 5) is 0. The van der Waals surface area contributed by atoms with Crippen molar-refractivity contribution in [3.63, 3.8) is 0 Å². The molecule has 1 fully saturated rings. The van der Waals surface area contributed by atoms with Gasteiger partial charge in [-0.25, -0.2) is 5.84 Å². The van der Waals surface area contributed by atoms with Crippen molar-refractivity contribution in [2.24, 2.45) is 5.84 Å². The highest BCUT2D eigenvalue weighted by molar-refractivity contribution is 7.99. The molecule has 1 heterocycles. The maximum absolute atomic E-state index is 5.35. The summed E-state index contributed by atoms with van der Waals surface area (Å²) in [7, 11) is 0. The summed E-state index contributed by atoms with van der Waals surface area (Å²) in [5.74, 6) is 6.28. The van der Waals surface area contributed by atoms with E-state index in [0.717, 1.165) is 21.7 Å². The predicted molar refractivity (Wildman–Crippen MR) is 61.3 cm³/mol. The number of nitrogens with one attached hydrogen (secondary N) is 1. The van der Waals surface area contributed by atoms with Crippen LogP contribution >= 0.6 is 23.3 Å². The Hall–Kier alpha value is -0.330. The zero-order valence-electron chi connectivity index (χ0n) is 7.90. The lowest BCUT2D eigenvalue weighted by Crippen LogP contribution is -2.07. The van der Waals surface area contributed by atoms with E-state index in [2.05, 4.69) is 15.0 Å². The molecule has 1 saturated carbocycles. The molecule has 0 atom stereocenters. The number of hydrogen-bond acceptors (Lipinski definition) is 6. The van der Waals surface area contributed by atoms with Crippen LogP contribution in [0.3, 0.4) is 0 Å². The molecule has 78 valence electrons. The van der Waals surface area contributed by atoms with Gasteiger partial charge in [0.2, 0.25) is 0 Å². The Morgan fingerprint density at radius 3 is 3.00 bits per heavy atom. The van der Waals surface area contributed by atoms with Gasteiger partial charge in [-0.05, 0) is 12.8 Å². The van der Waals surface area contributed by atoms with Crippen molar-refractivity contribution in [3.05, 3.63) is 5.69 Å². The van der Waals surface area contributed by atoms with Crippen LogP contribution < -0.4 is 11.3 Å². The first kappa shape index (κ1) is 10.2. The first-order valence-corrected chi connectivity index (χ1v) is 6.62. The average Bonchev–Trinajstić information content (AvgIpc) is 2.85. The Labute approximate surface area is 91.8 Å². The number of anilines is 1. The summed E-state index contributed by atoms with van der Waals surface area (Å²) in [6.45, 7) is 0. The zero-order chi connectivity index (χ0) is 9.80. The number of thioether (sulfide) groups is 1. The number of hydrogen-bond donors (Lipinski definition) is 2. The average molecular weight is 230 g/mol. The fourth-order valence-electron chi connectivity index (χ4n) is 1.66. The van der Waals surface area contributed by atoms with Gasteiger partial charge in [0, 0.05) is 22.5 Å². The van der Waals surface area contributed by atoms with Crippen LogP contribution in [0.1, 0.15) is 31.4 Å². The Bertz CT molecular complexity index is 283. The standard InChI is InChI=1S/C8H14N4S2/c9-10-8-7(11-12-14-8)5-13-6-3-1-2-4-6/h6,10H,1-5,9H2. The highest BCUT2D eigenvalue weighted by Gasteiger charge is 2.16. The highest BCUT2D eigenvalue weighted by Crippen LogP contribution is 2.32. The van der Waals surface area contributed by atoms with E-state index in [9.17, 15) is 0 Å². The van der Waals surface area contributed by atoms with Crippen LogP contribution in [-0.4, -0.2) is 14.8 Å². The lowest BCUT2D eigenvalue weighted by molar-refractivity contribution is 0.886. The molecule has 0 aliphatic heterocycles. The molecule has 2 rings (SSSR count). The summed E-state index contributed by atoms with van der Waals surface area (Å²) in [6.07, 6.45) is 5.48. The maximum Gasteiger partial charge on any atom is 0.148 e. The topological polar surface area (TPSA) is 63.8 Å². The highest BCUT2D eigenvalue weighted by atomic mass is 32.2. The minimum atomic E-state index is 0.822. The Morgan fingerprint density at radius 1 is 1.50 bits per heavy atom. The zero-order valence-corrected chi connectivity index (χ0v) is 9.53. The molecule has 4 nitrogen and oxygen atoms in total. The number of hydrazine groups is 1. The fourth-order valence-corrected chi connectivity index (χ4v) is 3.51. The van der Waals surface area contributed by atoms with Crippen LogP contribution in [0.2, 0.25) is 0 Å². The molecule has 0 spiro atoms. The smallest absolute Gasteiger partial charge is 0.148 e. The predicted octanol–water partition coefficient (Wildman–Crippen LogP) is 2.00. The van der Waals surface area contributed by atoms with Crippen molar-refractivity contribution in [1.29, 1.82) is 0 Å². The van der Waals surface area contributed by atoms with E-state index < -0.39 is 0 Å². The van der Waals surface area contributed by atoms with Gasteiger partial charge < -0.3 is 5.43 Å². The summed E-state index contributed by atoms with van der Waals surface area (Å²) >= 11 is 3.30. The van der Waals surface area contributed by atoms with Gasteiger partial charge in [0.1, 0.15) is 10.7 Å². The normalized spacial score (nSPS) is 17.5. The molecular formula is C8H14N4S2. The summed E-state index contributed by atoms with van der Waals surface area (Å²) in [6, 6.07) is 0. The SMILES string of the molecule is NNc1snnc1CSC1CCCC1. The first-order chi connectivity index (χ1) is 6.90. The molecule has 14 heavy (non-hydrogen) atoms. The van der Waals surface area contributed by atoms with Crippen LogP contribution in [0, 0.1) is 0 Å². The number of aromatic nitrogens is 2. The van der Waals surface area contributed by atoms with Crippen molar-refractivity contribution >= 4 is 28.3 Å². The molecule has 6 heteroatoms. The second-order valence-electron chi connectivity index (χ2n) is 3.41. The van der Waals surface area contributed by atoms with E-state index in [1.54, 1.807) is 0 Å². The van der Waals surface area contributed by atoms with Crippen LogP contribution in [0.25, 0.3) is 0 Å². The summed E-state index contributed by atoms with van der Waals surface area (Å²) in [5.41, 5.74) is 3.63. The van der Waals surface area contributed by atoms with Crippen LogP contribution in [0.5, 0.6) is 0 Å². The third kappa shape index (κ3) is 2.37. The van der Waals surface area contributed by atoms with Crippen molar-refractivity contribution in [1.82, 2.24) is 9.59 Å². The molecule has 0 bridgehead atoms. The second kappa shape index (κ2) is 4.95. The molecule has 3 N–H and O–H groups in total. The summed E-state index contributed by atoms with van der Waals surface area (Å²) < 4.78 is 3.87. The molecular weight excluding hydrogens is 216 g/mol. The second-order valence-corrected chi connectivity index (χ2v) is 5.45. The van der Waals surface area contributed by atoms with Gasteiger partial charge in [0.25, 0.3) is 0 Å². The molecule has 0 saturated heterocycles. The van der Waals surface area contributed by atoms with E-state index in [1.807, 2.05) is 11.8 Å². The number of nitrogens with zero attached hydrogens (tertiary/aromatic N) is 2. The van der Waals surface area contributed by atoms with Gasteiger partial charge in [-0.1, -0.05) is 17.3 Å². The van der Waals surface area contributed by atoms with Crippen molar-refractivity contribution in [2.45, 2.75) is 36.7 Å². The quantitative estimate of drug-likeness (QED) is 0.612. The summed E-state index contributed by atoms with van der Waals surface area (Å²) in [5, 5.41) is 5.77. The Kier molecular flexibility index (Phi) is 3.61. The molecule has 0 unspecified atom stereocenters. The van der Waals surface area contributed by atoms with E-state index in [4.69, 9.17) is 5.84 Å². The van der Waals surface area contributed by atoms with Gasteiger partial charge >= 0.3 is 0 Å². The molecule has 1 aliphatic carbocycles.